The molecule has 0 bridgehead atoms. The quantitative estimate of drug-likeness (QED) is 0.810. The third-order valence-corrected chi connectivity index (χ3v) is 4.94. The molecule has 0 aliphatic rings. The Morgan fingerprint density at radius 1 is 1.45 bits per heavy atom. The zero-order valence-corrected chi connectivity index (χ0v) is 11.6. The SMILES string of the molecule is C=CCN(CC(=O)O)S(=O)(=O)c1cscc1C(F)(F)F. The maximum Gasteiger partial charge on any atom is 0.418 e. The standard InChI is InChI=1S/C10H10F3NO4S2/c1-2-3-14(4-9(15)16)20(17,18)8-6-19-5-7(8)10(11,12)13/h2,5-6H,1,3-4H2,(H,15,16). The molecule has 20 heavy (non-hydrogen) atoms. The second kappa shape index (κ2) is 5.94. The molecular weight excluding hydrogens is 319 g/mol. The van der Waals surface area contributed by atoms with Crippen molar-refractivity contribution in [3.63, 3.8) is 0 Å². The highest BCUT2D eigenvalue weighted by molar-refractivity contribution is 7.89. The van der Waals surface area contributed by atoms with Crippen molar-refractivity contribution in [3.8, 4) is 0 Å². The van der Waals surface area contributed by atoms with Gasteiger partial charge in [-0.25, -0.2) is 8.42 Å². The average molecular weight is 329 g/mol. The highest BCUT2D eigenvalue weighted by Gasteiger charge is 2.40. The predicted molar refractivity (Wildman–Crippen MR) is 65.9 cm³/mol. The first-order chi connectivity index (χ1) is 9.10. The van der Waals surface area contributed by atoms with Gasteiger partial charge in [0.1, 0.15) is 11.4 Å². The van der Waals surface area contributed by atoms with Crippen LogP contribution in [0.3, 0.4) is 0 Å². The van der Waals surface area contributed by atoms with E-state index in [1.807, 2.05) is 0 Å². The van der Waals surface area contributed by atoms with Crippen molar-refractivity contribution in [2.75, 3.05) is 13.1 Å². The molecule has 0 saturated heterocycles. The number of carbonyl (C=O) groups is 1. The smallest absolute Gasteiger partial charge is 0.418 e. The minimum absolute atomic E-state index is 0.401. The summed E-state index contributed by atoms with van der Waals surface area (Å²) >= 11 is 0.575. The fourth-order valence-corrected chi connectivity index (χ4v) is 4.13. The van der Waals surface area contributed by atoms with Crippen LogP contribution in [0, 0.1) is 0 Å². The molecule has 1 aromatic rings. The lowest BCUT2D eigenvalue weighted by Gasteiger charge is -2.19. The molecule has 0 spiro atoms. The first-order valence-corrected chi connectivity index (χ1v) is 7.45. The number of carboxylic acid groups (broad SMARTS) is 1. The zero-order valence-electron chi connectivity index (χ0n) is 9.92. The Morgan fingerprint density at radius 3 is 2.50 bits per heavy atom. The van der Waals surface area contributed by atoms with E-state index in [2.05, 4.69) is 6.58 Å². The number of aliphatic carboxylic acids is 1. The van der Waals surface area contributed by atoms with Gasteiger partial charge in [0, 0.05) is 17.3 Å². The van der Waals surface area contributed by atoms with Crippen LogP contribution in [-0.4, -0.2) is 36.9 Å². The Hall–Kier alpha value is -1.39. The minimum Gasteiger partial charge on any atom is -0.480 e. The van der Waals surface area contributed by atoms with E-state index in [0.717, 1.165) is 11.5 Å². The second-order valence-electron chi connectivity index (χ2n) is 3.63. The Labute approximate surface area is 117 Å². The van der Waals surface area contributed by atoms with Gasteiger partial charge in [-0.3, -0.25) is 4.79 Å². The van der Waals surface area contributed by atoms with Gasteiger partial charge in [0.05, 0.1) is 5.56 Å². The summed E-state index contributed by atoms with van der Waals surface area (Å²) in [6.45, 7) is 1.91. The lowest BCUT2D eigenvalue weighted by atomic mass is 10.3. The van der Waals surface area contributed by atoms with E-state index in [1.165, 1.54) is 0 Å². The van der Waals surface area contributed by atoms with Gasteiger partial charge < -0.3 is 5.11 Å². The van der Waals surface area contributed by atoms with Crippen molar-refractivity contribution in [1.82, 2.24) is 4.31 Å². The molecule has 0 saturated carbocycles. The molecule has 5 nitrogen and oxygen atoms in total. The van der Waals surface area contributed by atoms with Crippen molar-refractivity contribution < 1.29 is 31.5 Å². The lowest BCUT2D eigenvalue weighted by Crippen LogP contribution is -2.36. The van der Waals surface area contributed by atoms with Crippen molar-refractivity contribution in [3.05, 3.63) is 29.0 Å². The molecule has 1 N–H and O–H groups in total. The molecule has 1 heterocycles. The maximum atomic E-state index is 12.7. The predicted octanol–water partition coefficient (Wildman–Crippen LogP) is 2.03. The zero-order chi connectivity index (χ0) is 15.6. The summed E-state index contributed by atoms with van der Waals surface area (Å²) in [7, 11) is -4.56. The van der Waals surface area contributed by atoms with E-state index in [0.29, 0.717) is 21.0 Å². The van der Waals surface area contributed by atoms with Crippen LogP contribution < -0.4 is 0 Å². The first-order valence-electron chi connectivity index (χ1n) is 5.07. The average Bonchev–Trinajstić information content (AvgIpc) is 2.76. The monoisotopic (exact) mass is 329 g/mol. The summed E-state index contributed by atoms with van der Waals surface area (Å²) in [5.41, 5.74) is -1.30. The summed E-state index contributed by atoms with van der Waals surface area (Å²) < 4.78 is 62.8. The second-order valence-corrected chi connectivity index (χ2v) is 6.28. The molecule has 1 rings (SSSR count). The molecule has 0 aliphatic carbocycles. The van der Waals surface area contributed by atoms with Crippen molar-refractivity contribution in [2.45, 2.75) is 11.1 Å². The fourth-order valence-electron chi connectivity index (χ4n) is 1.37. The summed E-state index contributed by atoms with van der Waals surface area (Å²) in [4.78, 5) is 9.68. The highest BCUT2D eigenvalue weighted by Crippen LogP contribution is 2.37. The van der Waals surface area contributed by atoms with E-state index in [4.69, 9.17) is 5.11 Å². The molecule has 0 atom stereocenters. The van der Waals surface area contributed by atoms with Crippen LogP contribution in [0.1, 0.15) is 5.56 Å². The van der Waals surface area contributed by atoms with E-state index in [9.17, 15) is 26.4 Å². The lowest BCUT2D eigenvalue weighted by molar-refractivity contribution is -0.139. The van der Waals surface area contributed by atoms with Crippen molar-refractivity contribution >= 4 is 27.3 Å². The largest absolute Gasteiger partial charge is 0.480 e. The topological polar surface area (TPSA) is 74.7 Å². The molecule has 0 fully saturated rings. The van der Waals surface area contributed by atoms with Crippen LogP contribution in [-0.2, 0) is 21.0 Å². The van der Waals surface area contributed by atoms with Crippen molar-refractivity contribution in [1.29, 1.82) is 0 Å². The number of nitrogens with zero attached hydrogens (tertiary/aromatic N) is 1. The van der Waals surface area contributed by atoms with Gasteiger partial charge in [-0.2, -0.15) is 28.8 Å². The Morgan fingerprint density at radius 2 is 2.05 bits per heavy atom. The highest BCUT2D eigenvalue weighted by atomic mass is 32.2. The van der Waals surface area contributed by atoms with Crippen LogP contribution in [0.4, 0.5) is 13.2 Å². The number of thiophene rings is 1. The van der Waals surface area contributed by atoms with Gasteiger partial charge in [0.15, 0.2) is 0 Å². The summed E-state index contributed by atoms with van der Waals surface area (Å²) in [5, 5.41) is 10.1. The van der Waals surface area contributed by atoms with E-state index in [1.54, 1.807) is 0 Å². The molecule has 10 heteroatoms. The van der Waals surface area contributed by atoms with Crippen LogP contribution in [0.15, 0.2) is 28.3 Å². The van der Waals surface area contributed by atoms with Gasteiger partial charge >= 0.3 is 12.1 Å². The van der Waals surface area contributed by atoms with Gasteiger partial charge in [-0.1, -0.05) is 6.08 Å². The Bertz CT molecular complexity index is 606. The number of hydrogen-bond acceptors (Lipinski definition) is 4. The minimum atomic E-state index is -4.83. The summed E-state index contributed by atoms with van der Waals surface area (Å²) in [6, 6.07) is 0. The summed E-state index contributed by atoms with van der Waals surface area (Å²) in [5.74, 6) is -1.47. The first kappa shape index (κ1) is 16.7. The van der Waals surface area contributed by atoms with Gasteiger partial charge in [-0.05, 0) is 0 Å². The number of hydrogen-bond donors (Lipinski definition) is 1. The van der Waals surface area contributed by atoms with Crippen LogP contribution in [0.2, 0.25) is 0 Å². The van der Waals surface area contributed by atoms with Gasteiger partial charge in [0.25, 0.3) is 0 Å². The van der Waals surface area contributed by atoms with Crippen molar-refractivity contribution in [2.24, 2.45) is 0 Å². The molecule has 112 valence electrons. The van der Waals surface area contributed by atoms with Gasteiger partial charge in [-0.15, -0.1) is 6.58 Å². The Balaban J connectivity index is 3.30. The van der Waals surface area contributed by atoms with Crippen LogP contribution in [0.5, 0.6) is 0 Å². The molecule has 0 unspecified atom stereocenters. The van der Waals surface area contributed by atoms with E-state index in [-0.39, 0.29) is 0 Å². The fraction of sp³-hybridized carbons (Fsp3) is 0.300. The Kier molecular flexibility index (Phi) is 4.95. The van der Waals surface area contributed by atoms with E-state index >= 15 is 0 Å². The number of rotatable bonds is 6. The normalized spacial score (nSPS) is 12.6. The third-order valence-electron chi connectivity index (χ3n) is 2.19. The molecule has 1 aromatic heterocycles. The van der Waals surface area contributed by atoms with Crippen LogP contribution in [0.25, 0.3) is 0 Å². The molecular formula is C10H10F3NO4S2. The molecule has 0 aliphatic heterocycles. The van der Waals surface area contributed by atoms with Crippen LogP contribution >= 0.6 is 11.3 Å². The third kappa shape index (κ3) is 3.58. The molecule has 0 radical (unpaired) electrons. The number of carboxylic acids is 1. The number of alkyl halides is 3. The number of halogens is 3. The maximum absolute atomic E-state index is 12.7. The molecule has 0 aromatic carbocycles. The molecule has 0 amide bonds. The summed E-state index contributed by atoms with van der Waals surface area (Å²) in [6.07, 6.45) is -3.73. The number of sulfonamides is 1. The van der Waals surface area contributed by atoms with Gasteiger partial charge in [0.2, 0.25) is 10.0 Å². The van der Waals surface area contributed by atoms with E-state index < -0.39 is 45.7 Å².